The quantitative estimate of drug-likeness (QED) is 0.890. The third-order valence-electron chi connectivity index (χ3n) is 3.12. The zero-order valence-corrected chi connectivity index (χ0v) is 12.8. The van der Waals surface area contributed by atoms with Crippen molar-refractivity contribution in [1.29, 1.82) is 0 Å². The Hall–Kier alpha value is -0.560. The molecule has 0 bridgehead atoms. The Labute approximate surface area is 119 Å². The molecule has 6 heteroatoms. The molecule has 19 heavy (non-hydrogen) atoms. The summed E-state index contributed by atoms with van der Waals surface area (Å²) in [4.78, 5) is 0. The largest absolute Gasteiger partial charge is 0.316 e. The van der Waals surface area contributed by atoms with Gasteiger partial charge in [-0.3, -0.25) is 0 Å². The summed E-state index contributed by atoms with van der Waals surface area (Å²) in [5.74, 6) is 1.91. The highest BCUT2D eigenvalue weighted by Gasteiger charge is 2.24. The van der Waals surface area contributed by atoms with Gasteiger partial charge in [0.1, 0.15) is 0 Å². The molecule has 106 valence electrons. The Morgan fingerprint density at radius 2 is 1.74 bits per heavy atom. The second-order valence-electron chi connectivity index (χ2n) is 4.61. The molecule has 4 nitrogen and oxygen atoms in total. The highest BCUT2D eigenvalue weighted by atomic mass is 32.2. The summed E-state index contributed by atoms with van der Waals surface area (Å²) in [5.41, 5.74) is 2.02. The van der Waals surface area contributed by atoms with Crippen LogP contribution in [0.2, 0.25) is 0 Å². The van der Waals surface area contributed by atoms with Crippen LogP contribution in [0.4, 0.5) is 0 Å². The van der Waals surface area contributed by atoms with Crippen molar-refractivity contribution in [1.82, 2.24) is 9.62 Å². The molecule has 1 fully saturated rings. The molecule has 0 spiro atoms. The summed E-state index contributed by atoms with van der Waals surface area (Å²) >= 11 is 1.82. The molecule has 1 aromatic carbocycles. The van der Waals surface area contributed by atoms with Crippen LogP contribution in [-0.4, -0.2) is 44.4 Å². The van der Waals surface area contributed by atoms with Crippen LogP contribution in [0, 0.1) is 0 Å². The van der Waals surface area contributed by atoms with E-state index >= 15 is 0 Å². The summed E-state index contributed by atoms with van der Waals surface area (Å²) in [7, 11) is -1.26. The lowest BCUT2D eigenvalue weighted by atomic mass is 10.1. The number of sulfonamides is 1. The van der Waals surface area contributed by atoms with E-state index in [9.17, 15) is 8.42 Å². The minimum absolute atomic E-state index is 0.109. The van der Waals surface area contributed by atoms with Crippen LogP contribution in [0.25, 0.3) is 0 Å². The monoisotopic (exact) mass is 300 g/mol. The Kier molecular flexibility index (Phi) is 5.27. The van der Waals surface area contributed by atoms with Gasteiger partial charge < -0.3 is 5.32 Å². The molecule has 0 aromatic heterocycles. The Morgan fingerprint density at radius 3 is 2.32 bits per heavy atom. The number of benzene rings is 1. The van der Waals surface area contributed by atoms with Crippen molar-refractivity contribution in [2.45, 2.75) is 12.3 Å². The minimum Gasteiger partial charge on any atom is -0.316 e. The zero-order valence-electron chi connectivity index (χ0n) is 11.1. The van der Waals surface area contributed by atoms with Crippen LogP contribution < -0.4 is 5.32 Å². The van der Waals surface area contributed by atoms with E-state index < -0.39 is 10.0 Å². The normalized spacial score (nSPS) is 17.5. The summed E-state index contributed by atoms with van der Waals surface area (Å²) in [5, 5.41) is 3.07. The lowest BCUT2D eigenvalue weighted by molar-refractivity contribution is 0.443. The molecule has 0 aliphatic carbocycles. The van der Waals surface area contributed by atoms with Gasteiger partial charge in [-0.15, -0.1) is 0 Å². The van der Waals surface area contributed by atoms with Crippen LogP contribution in [0.3, 0.4) is 0 Å². The summed E-state index contributed by atoms with van der Waals surface area (Å²) in [6.07, 6.45) is 0. The molecule has 1 heterocycles. The first-order valence-corrected chi connectivity index (χ1v) is 9.16. The van der Waals surface area contributed by atoms with E-state index in [1.54, 1.807) is 4.31 Å². The molecule has 0 radical (unpaired) electrons. The lowest BCUT2D eigenvalue weighted by Gasteiger charge is -2.25. The first kappa shape index (κ1) is 14.8. The van der Waals surface area contributed by atoms with Gasteiger partial charge in [0.15, 0.2) is 0 Å². The van der Waals surface area contributed by atoms with Crippen molar-refractivity contribution in [2.24, 2.45) is 0 Å². The van der Waals surface area contributed by atoms with E-state index in [1.165, 1.54) is 0 Å². The molecule has 0 saturated carbocycles. The number of nitrogens with one attached hydrogen (secondary N) is 1. The van der Waals surface area contributed by atoms with Crippen molar-refractivity contribution in [3.63, 3.8) is 0 Å². The number of nitrogens with zero attached hydrogens (tertiary/aromatic N) is 1. The molecule has 1 saturated heterocycles. The second-order valence-corrected chi connectivity index (χ2v) is 7.81. The Morgan fingerprint density at radius 1 is 1.16 bits per heavy atom. The van der Waals surface area contributed by atoms with E-state index in [2.05, 4.69) is 5.32 Å². The van der Waals surface area contributed by atoms with Crippen molar-refractivity contribution >= 4 is 21.8 Å². The van der Waals surface area contributed by atoms with E-state index in [1.807, 2.05) is 43.1 Å². The Bertz CT molecular complexity index is 494. The van der Waals surface area contributed by atoms with Crippen LogP contribution in [0.5, 0.6) is 0 Å². The zero-order chi connectivity index (χ0) is 13.7. The third kappa shape index (κ3) is 4.21. The van der Waals surface area contributed by atoms with Crippen molar-refractivity contribution in [3.8, 4) is 0 Å². The van der Waals surface area contributed by atoms with Crippen molar-refractivity contribution in [3.05, 3.63) is 35.4 Å². The lowest BCUT2D eigenvalue weighted by Crippen LogP contribution is -2.38. The molecule has 0 unspecified atom stereocenters. The molecular formula is C13H20N2O2S2. The average Bonchev–Trinajstić information content (AvgIpc) is 2.42. The van der Waals surface area contributed by atoms with Crippen LogP contribution >= 0.6 is 11.8 Å². The molecule has 1 aliphatic rings. The molecular weight excluding hydrogens is 280 g/mol. The van der Waals surface area contributed by atoms with Gasteiger partial charge in [0, 0.05) is 31.1 Å². The van der Waals surface area contributed by atoms with Crippen molar-refractivity contribution < 1.29 is 8.42 Å². The Balaban J connectivity index is 2.02. The predicted molar refractivity (Wildman–Crippen MR) is 80.7 cm³/mol. The third-order valence-corrected chi connectivity index (χ3v) is 5.91. The molecule has 1 aromatic rings. The van der Waals surface area contributed by atoms with Crippen LogP contribution in [0.15, 0.2) is 24.3 Å². The molecule has 2 rings (SSSR count). The van der Waals surface area contributed by atoms with Gasteiger partial charge in [-0.05, 0) is 18.2 Å². The number of hydrogen-bond acceptors (Lipinski definition) is 4. The fourth-order valence-corrected chi connectivity index (χ4v) is 4.75. The van der Waals surface area contributed by atoms with Crippen LogP contribution in [-0.2, 0) is 22.3 Å². The fourth-order valence-electron chi connectivity index (χ4n) is 2.08. The van der Waals surface area contributed by atoms with Crippen LogP contribution in [0.1, 0.15) is 11.1 Å². The molecule has 1 aliphatic heterocycles. The van der Waals surface area contributed by atoms with E-state index in [0.29, 0.717) is 13.1 Å². The van der Waals surface area contributed by atoms with E-state index in [0.717, 1.165) is 29.2 Å². The summed E-state index contributed by atoms with van der Waals surface area (Å²) in [6.45, 7) is 2.09. The highest BCUT2D eigenvalue weighted by molar-refractivity contribution is 7.99. The standard InChI is InChI=1S/C13H20N2O2S2/c1-14-10-12-2-4-13(5-3-12)11-19(16,17)15-6-8-18-9-7-15/h2-5,14H,6-11H2,1H3. The topological polar surface area (TPSA) is 49.4 Å². The second kappa shape index (κ2) is 6.74. The van der Waals surface area contributed by atoms with Gasteiger partial charge in [-0.25, -0.2) is 8.42 Å². The van der Waals surface area contributed by atoms with Gasteiger partial charge in [0.05, 0.1) is 5.75 Å². The highest BCUT2D eigenvalue weighted by Crippen LogP contribution is 2.17. The number of thioether (sulfide) groups is 1. The average molecular weight is 300 g/mol. The first-order chi connectivity index (χ1) is 9.12. The maximum atomic E-state index is 12.3. The summed E-state index contributed by atoms with van der Waals surface area (Å²) < 4.78 is 26.2. The minimum atomic E-state index is -3.16. The van der Waals surface area contributed by atoms with Crippen molar-refractivity contribution in [2.75, 3.05) is 31.6 Å². The van der Waals surface area contributed by atoms with E-state index in [4.69, 9.17) is 0 Å². The number of hydrogen-bond donors (Lipinski definition) is 1. The number of rotatable bonds is 5. The van der Waals surface area contributed by atoms with Gasteiger partial charge >= 0.3 is 0 Å². The van der Waals surface area contributed by atoms with E-state index in [-0.39, 0.29) is 5.75 Å². The first-order valence-electron chi connectivity index (χ1n) is 6.40. The maximum absolute atomic E-state index is 12.3. The van der Waals surface area contributed by atoms with Gasteiger partial charge in [-0.2, -0.15) is 16.1 Å². The summed E-state index contributed by atoms with van der Waals surface area (Å²) in [6, 6.07) is 7.77. The molecule has 0 amide bonds. The smallest absolute Gasteiger partial charge is 0.218 e. The molecule has 1 N–H and O–H groups in total. The van der Waals surface area contributed by atoms with Gasteiger partial charge in [0.2, 0.25) is 10.0 Å². The SMILES string of the molecule is CNCc1ccc(CS(=O)(=O)N2CCSCC2)cc1. The van der Waals surface area contributed by atoms with Gasteiger partial charge in [0.25, 0.3) is 0 Å². The fraction of sp³-hybridized carbons (Fsp3) is 0.538. The van der Waals surface area contributed by atoms with Gasteiger partial charge in [-0.1, -0.05) is 24.3 Å². The maximum Gasteiger partial charge on any atom is 0.218 e. The predicted octanol–water partition coefficient (Wildman–Crippen LogP) is 1.28. The molecule has 0 atom stereocenters.